The monoisotopic (exact) mass is 216 g/mol. The van der Waals surface area contributed by atoms with Crippen LogP contribution in [-0.2, 0) is 9.53 Å². The Morgan fingerprint density at radius 1 is 1.47 bits per heavy atom. The molecule has 5 heteroatoms. The Kier molecular flexibility index (Phi) is 5.60. The Labute approximate surface area is 90.0 Å². The molecule has 1 amide bonds. The Balaban J connectivity index is 2.03. The lowest BCUT2D eigenvalue weighted by molar-refractivity contribution is -0.125. The average molecular weight is 216 g/mol. The van der Waals surface area contributed by atoms with Crippen LogP contribution in [-0.4, -0.2) is 43.4 Å². The van der Waals surface area contributed by atoms with Gasteiger partial charge in [0.05, 0.1) is 19.8 Å². The molecule has 1 aliphatic carbocycles. The SMILES string of the molecule is NC1CCC(C(=O)NCCOCCO)C1. The summed E-state index contributed by atoms with van der Waals surface area (Å²) in [6.45, 7) is 1.30. The minimum atomic E-state index is 0.0193. The van der Waals surface area contributed by atoms with E-state index in [9.17, 15) is 4.79 Å². The van der Waals surface area contributed by atoms with Crippen molar-refractivity contribution in [3.63, 3.8) is 0 Å². The van der Waals surface area contributed by atoms with Crippen molar-refractivity contribution in [2.45, 2.75) is 25.3 Å². The van der Waals surface area contributed by atoms with Crippen LogP contribution in [0.5, 0.6) is 0 Å². The number of hydrogen-bond donors (Lipinski definition) is 3. The topological polar surface area (TPSA) is 84.6 Å². The van der Waals surface area contributed by atoms with Crippen LogP contribution in [0.4, 0.5) is 0 Å². The molecule has 0 bridgehead atoms. The Morgan fingerprint density at radius 3 is 2.87 bits per heavy atom. The molecule has 88 valence electrons. The van der Waals surface area contributed by atoms with Crippen molar-refractivity contribution in [1.82, 2.24) is 5.32 Å². The van der Waals surface area contributed by atoms with Crippen LogP contribution in [0.2, 0.25) is 0 Å². The highest BCUT2D eigenvalue weighted by Gasteiger charge is 2.27. The summed E-state index contributed by atoms with van der Waals surface area (Å²) in [5.41, 5.74) is 5.72. The van der Waals surface area contributed by atoms with Crippen LogP contribution in [0.25, 0.3) is 0 Å². The Morgan fingerprint density at radius 2 is 2.27 bits per heavy atom. The molecule has 0 aromatic heterocycles. The van der Waals surface area contributed by atoms with Gasteiger partial charge < -0.3 is 20.9 Å². The first-order valence-electron chi connectivity index (χ1n) is 5.46. The van der Waals surface area contributed by atoms with E-state index < -0.39 is 0 Å². The van der Waals surface area contributed by atoms with E-state index in [1.807, 2.05) is 0 Å². The number of aliphatic hydroxyl groups is 1. The minimum absolute atomic E-state index is 0.0193. The summed E-state index contributed by atoms with van der Waals surface area (Å²) in [5.74, 6) is 0.161. The Hall–Kier alpha value is -0.650. The van der Waals surface area contributed by atoms with Crippen molar-refractivity contribution < 1.29 is 14.6 Å². The zero-order valence-electron chi connectivity index (χ0n) is 8.95. The molecule has 1 fully saturated rings. The second kappa shape index (κ2) is 6.76. The van der Waals surface area contributed by atoms with E-state index in [1.54, 1.807) is 0 Å². The van der Waals surface area contributed by atoms with Crippen LogP contribution in [0.1, 0.15) is 19.3 Å². The molecule has 0 radical (unpaired) electrons. The fourth-order valence-corrected chi connectivity index (χ4v) is 1.81. The second-order valence-corrected chi connectivity index (χ2v) is 3.90. The van der Waals surface area contributed by atoms with Gasteiger partial charge in [-0.25, -0.2) is 0 Å². The van der Waals surface area contributed by atoms with Gasteiger partial charge in [0.1, 0.15) is 0 Å². The third kappa shape index (κ3) is 4.59. The summed E-state index contributed by atoms with van der Waals surface area (Å²) >= 11 is 0. The third-order valence-electron chi connectivity index (χ3n) is 2.63. The van der Waals surface area contributed by atoms with Crippen molar-refractivity contribution in [3.8, 4) is 0 Å². The lowest BCUT2D eigenvalue weighted by atomic mass is 10.1. The van der Waals surface area contributed by atoms with Gasteiger partial charge in [-0.2, -0.15) is 0 Å². The van der Waals surface area contributed by atoms with Crippen LogP contribution in [0.15, 0.2) is 0 Å². The molecule has 0 saturated heterocycles. The van der Waals surface area contributed by atoms with Gasteiger partial charge in [0.25, 0.3) is 0 Å². The van der Waals surface area contributed by atoms with Crippen LogP contribution in [0.3, 0.4) is 0 Å². The largest absolute Gasteiger partial charge is 0.394 e. The van der Waals surface area contributed by atoms with Crippen LogP contribution in [0, 0.1) is 5.92 Å². The molecule has 2 atom stereocenters. The van der Waals surface area contributed by atoms with Crippen molar-refractivity contribution in [2.24, 2.45) is 11.7 Å². The average Bonchev–Trinajstić information content (AvgIpc) is 2.64. The molecule has 0 aromatic carbocycles. The summed E-state index contributed by atoms with van der Waals surface area (Å²) in [7, 11) is 0. The summed E-state index contributed by atoms with van der Waals surface area (Å²) in [6.07, 6.45) is 2.63. The normalized spacial score (nSPS) is 25.5. The van der Waals surface area contributed by atoms with Gasteiger partial charge in [-0.3, -0.25) is 4.79 Å². The number of ether oxygens (including phenoxy) is 1. The van der Waals surface area contributed by atoms with Crippen LogP contribution >= 0.6 is 0 Å². The lowest BCUT2D eigenvalue weighted by Gasteiger charge is -2.10. The smallest absolute Gasteiger partial charge is 0.223 e. The maximum absolute atomic E-state index is 11.6. The van der Waals surface area contributed by atoms with Gasteiger partial charge in [0.15, 0.2) is 0 Å². The van der Waals surface area contributed by atoms with Crippen LogP contribution < -0.4 is 11.1 Å². The standard InChI is InChI=1S/C10H20N2O3/c11-9-2-1-8(7-9)10(14)12-3-5-15-6-4-13/h8-9,13H,1-7,11H2,(H,12,14). The van der Waals surface area contributed by atoms with E-state index in [4.69, 9.17) is 15.6 Å². The van der Waals surface area contributed by atoms with Gasteiger partial charge in [-0.05, 0) is 19.3 Å². The molecule has 4 N–H and O–H groups in total. The molecule has 0 aromatic rings. The molecular weight excluding hydrogens is 196 g/mol. The summed E-state index contributed by atoms with van der Waals surface area (Å²) in [4.78, 5) is 11.6. The number of carbonyl (C=O) groups excluding carboxylic acids is 1. The summed E-state index contributed by atoms with van der Waals surface area (Å²) in [5, 5.41) is 11.3. The van der Waals surface area contributed by atoms with Crippen molar-refractivity contribution in [1.29, 1.82) is 0 Å². The molecule has 0 spiro atoms. The molecule has 0 heterocycles. The zero-order valence-corrected chi connectivity index (χ0v) is 8.95. The van der Waals surface area contributed by atoms with Crippen molar-refractivity contribution in [3.05, 3.63) is 0 Å². The van der Waals surface area contributed by atoms with Gasteiger partial charge in [0, 0.05) is 18.5 Å². The molecule has 5 nitrogen and oxygen atoms in total. The Bertz CT molecular complexity index is 199. The number of amides is 1. The third-order valence-corrected chi connectivity index (χ3v) is 2.63. The summed E-state index contributed by atoms with van der Waals surface area (Å²) < 4.78 is 5.03. The van der Waals surface area contributed by atoms with E-state index in [0.29, 0.717) is 19.8 Å². The maximum Gasteiger partial charge on any atom is 0.223 e. The second-order valence-electron chi connectivity index (χ2n) is 3.90. The van der Waals surface area contributed by atoms with E-state index in [0.717, 1.165) is 19.3 Å². The zero-order chi connectivity index (χ0) is 11.1. The number of rotatable bonds is 6. The van der Waals surface area contributed by atoms with E-state index >= 15 is 0 Å². The molecular formula is C10H20N2O3. The predicted molar refractivity (Wildman–Crippen MR) is 56.2 cm³/mol. The highest BCUT2D eigenvalue weighted by atomic mass is 16.5. The fraction of sp³-hybridized carbons (Fsp3) is 0.900. The summed E-state index contributed by atoms with van der Waals surface area (Å²) in [6, 6.07) is 0.186. The van der Waals surface area contributed by atoms with E-state index in [1.165, 1.54) is 0 Å². The molecule has 1 rings (SSSR count). The fourth-order valence-electron chi connectivity index (χ4n) is 1.81. The first-order valence-corrected chi connectivity index (χ1v) is 5.46. The number of hydrogen-bond acceptors (Lipinski definition) is 4. The molecule has 0 aliphatic heterocycles. The lowest BCUT2D eigenvalue weighted by Crippen LogP contribution is -2.33. The number of aliphatic hydroxyl groups excluding tert-OH is 1. The first-order chi connectivity index (χ1) is 7.24. The molecule has 1 saturated carbocycles. The highest BCUT2D eigenvalue weighted by molar-refractivity contribution is 5.78. The maximum atomic E-state index is 11.6. The van der Waals surface area contributed by atoms with E-state index in [2.05, 4.69) is 5.32 Å². The van der Waals surface area contributed by atoms with Gasteiger partial charge >= 0.3 is 0 Å². The first kappa shape index (κ1) is 12.4. The van der Waals surface area contributed by atoms with E-state index in [-0.39, 0.29) is 24.5 Å². The number of nitrogens with one attached hydrogen (secondary N) is 1. The molecule has 15 heavy (non-hydrogen) atoms. The van der Waals surface area contributed by atoms with Gasteiger partial charge in [-0.1, -0.05) is 0 Å². The van der Waals surface area contributed by atoms with Crippen molar-refractivity contribution >= 4 is 5.91 Å². The number of nitrogens with two attached hydrogens (primary N) is 1. The predicted octanol–water partition coefficient (Wildman–Crippen LogP) is -0.761. The van der Waals surface area contributed by atoms with Gasteiger partial charge in [-0.15, -0.1) is 0 Å². The molecule has 2 unspecified atom stereocenters. The van der Waals surface area contributed by atoms with Crippen molar-refractivity contribution in [2.75, 3.05) is 26.4 Å². The highest BCUT2D eigenvalue weighted by Crippen LogP contribution is 2.23. The number of carbonyl (C=O) groups is 1. The quantitative estimate of drug-likeness (QED) is 0.509. The van der Waals surface area contributed by atoms with Gasteiger partial charge in [0.2, 0.25) is 5.91 Å². The minimum Gasteiger partial charge on any atom is -0.394 e. The molecule has 1 aliphatic rings.